The highest BCUT2D eigenvalue weighted by molar-refractivity contribution is 6.08. The molecule has 0 bridgehead atoms. The van der Waals surface area contributed by atoms with Crippen LogP contribution in [0.15, 0.2) is 48.5 Å². The first-order chi connectivity index (χ1) is 15.5. The molecule has 1 aliphatic carbocycles. The predicted molar refractivity (Wildman–Crippen MR) is 116 cm³/mol. The zero-order valence-corrected chi connectivity index (χ0v) is 17.5. The summed E-state index contributed by atoms with van der Waals surface area (Å²) in [5.41, 5.74) is 3.45. The lowest BCUT2D eigenvalue weighted by molar-refractivity contribution is -0.137. The number of rotatable bonds is 10. The van der Waals surface area contributed by atoms with Crippen LogP contribution in [0.1, 0.15) is 29.6 Å². The Kier molecular flexibility index (Phi) is 8.18. The molecule has 9 nitrogen and oxygen atoms in total. The summed E-state index contributed by atoms with van der Waals surface area (Å²) >= 11 is 0. The van der Waals surface area contributed by atoms with Crippen LogP contribution in [0.2, 0.25) is 0 Å². The normalized spacial score (nSPS) is 14.1. The molecule has 170 valence electrons. The Bertz CT molecular complexity index is 926. The molecule has 1 aliphatic rings. The third-order valence-corrected chi connectivity index (χ3v) is 5.39. The van der Waals surface area contributed by atoms with E-state index in [0.29, 0.717) is 18.2 Å². The molecule has 9 heteroatoms. The van der Waals surface area contributed by atoms with Gasteiger partial charge in [-0.2, -0.15) is 0 Å². The minimum atomic E-state index is -1.54. The summed E-state index contributed by atoms with van der Waals surface area (Å²) in [6, 6.07) is 12.4. The third kappa shape index (κ3) is 6.05. The largest absolute Gasteiger partial charge is 0.491 e. The Morgan fingerprint density at radius 1 is 0.969 bits per heavy atom. The van der Waals surface area contributed by atoms with E-state index in [9.17, 15) is 14.4 Å². The van der Waals surface area contributed by atoms with E-state index < -0.39 is 23.8 Å². The molecule has 0 heterocycles. The minimum Gasteiger partial charge on any atom is -0.491 e. The third-order valence-electron chi connectivity index (χ3n) is 5.39. The van der Waals surface area contributed by atoms with E-state index in [2.05, 4.69) is 10.6 Å². The molecule has 3 rings (SSSR count). The molecule has 5 N–H and O–H groups in total. The van der Waals surface area contributed by atoms with Crippen LogP contribution in [-0.2, 0) is 9.59 Å². The number of hydrogen-bond acceptors (Lipinski definition) is 6. The molecular weight excluding hydrogens is 414 g/mol. The first-order valence-electron chi connectivity index (χ1n) is 10.5. The van der Waals surface area contributed by atoms with Crippen molar-refractivity contribution >= 4 is 17.7 Å². The van der Waals surface area contributed by atoms with Gasteiger partial charge >= 0.3 is 0 Å². The summed E-state index contributed by atoms with van der Waals surface area (Å²) < 4.78 is 5.34. The average molecular weight is 441 g/mol. The molecule has 1 fully saturated rings. The second-order valence-corrected chi connectivity index (χ2v) is 7.60. The molecule has 1 atom stereocenters. The highest BCUT2D eigenvalue weighted by Gasteiger charge is 2.29. The topological polar surface area (TPSA) is 137 Å². The quantitative estimate of drug-likeness (QED) is 0.214. The summed E-state index contributed by atoms with van der Waals surface area (Å²) in [7, 11) is 0. The molecule has 0 saturated heterocycles. The van der Waals surface area contributed by atoms with Crippen molar-refractivity contribution in [1.29, 1.82) is 0 Å². The Balaban J connectivity index is 1.62. The Morgan fingerprint density at radius 2 is 1.59 bits per heavy atom. The van der Waals surface area contributed by atoms with Gasteiger partial charge in [-0.3, -0.25) is 19.6 Å². The van der Waals surface area contributed by atoms with Gasteiger partial charge in [0.25, 0.3) is 17.7 Å². The maximum atomic E-state index is 12.6. The van der Waals surface area contributed by atoms with Crippen LogP contribution in [0.4, 0.5) is 0 Å². The molecule has 2 aromatic carbocycles. The maximum absolute atomic E-state index is 12.6. The summed E-state index contributed by atoms with van der Waals surface area (Å²) in [5.74, 6) is -1.27. The fraction of sp³-hybridized carbons (Fsp3) is 0.348. The van der Waals surface area contributed by atoms with Crippen LogP contribution < -0.4 is 20.9 Å². The van der Waals surface area contributed by atoms with Gasteiger partial charge in [-0.05, 0) is 54.2 Å². The summed E-state index contributed by atoms with van der Waals surface area (Å²) in [6.45, 7) is 0.591. The van der Waals surface area contributed by atoms with Gasteiger partial charge in [0.05, 0.1) is 6.61 Å². The molecule has 0 aromatic heterocycles. The van der Waals surface area contributed by atoms with Crippen LogP contribution in [0.3, 0.4) is 0 Å². The average Bonchev–Trinajstić information content (AvgIpc) is 2.80. The molecule has 2 aromatic rings. The van der Waals surface area contributed by atoms with Crippen LogP contribution in [0, 0.1) is 5.92 Å². The lowest BCUT2D eigenvalue weighted by atomic mass is 9.85. The van der Waals surface area contributed by atoms with Crippen molar-refractivity contribution in [3.63, 3.8) is 0 Å². The highest BCUT2D eigenvalue weighted by atomic mass is 16.5. The lowest BCUT2D eigenvalue weighted by Gasteiger charge is -2.26. The number of carbonyl (C=O) groups excluding carboxylic acids is 3. The summed E-state index contributed by atoms with van der Waals surface area (Å²) in [6.07, 6.45) is 3.16. The van der Waals surface area contributed by atoms with Crippen molar-refractivity contribution in [1.82, 2.24) is 16.1 Å². The smallest absolute Gasteiger partial charge is 0.275 e. The molecule has 0 spiro atoms. The van der Waals surface area contributed by atoms with Crippen molar-refractivity contribution in [2.45, 2.75) is 25.3 Å². The van der Waals surface area contributed by atoms with E-state index in [4.69, 9.17) is 15.1 Å². The van der Waals surface area contributed by atoms with E-state index in [0.717, 1.165) is 30.4 Å². The first kappa shape index (κ1) is 23.2. The van der Waals surface area contributed by atoms with Gasteiger partial charge in [0.1, 0.15) is 12.4 Å². The minimum absolute atomic E-state index is 0.0612. The monoisotopic (exact) mass is 441 g/mol. The number of ether oxygens (including phenoxy) is 1. The Labute approximate surface area is 185 Å². The molecule has 0 radical (unpaired) electrons. The van der Waals surface area contributed by atoms with Crippen LogP contribution in [0.25, 0.3) is 11.1 Å². The Hall–Kier alpha value is -3.43. The predicted octanol–water partition coefficient (Wildman–Crippen LogP) is 1.24. The number of nitrogens with one attached hydrogen (secondary N) is 3. The Morgan fingerprint density at radius 3 is 2.12 bits per heavy atom. The molecule has 1 unspecified atom stereocenters. The van der Waals surface area contributed by atoms with E-state index >= 15 is 0 Å². The first-order valence-corrected chi connectivity index (χ1v) is 10.5. The van der Waals surface area contributed by atoms with Crippen molar-refractivity contribution in [3.8, 4) is 16.9 Å². The van der Waals surface area contributed by atoms with Gasteiger partial charge in [-0.25, -0.2) is 5.48 Å². The zero-order valence-electron chi connectivity index (χ0n) is 17.5. The van der Waals surface area contributed by atoms with Crippen molar-refractivity contribution in [3.05, 3.63) is 54.1 Å². The van der Waals surface area contributed by atoms with Crippen molar-refractivity contribution in [2.75, 3.05) is 19.8 Å². The number of aliphatic hydroxyl groups excluding tert-OH is 1. The number of benzene rings is 2. The number of carbonyl (C=O) groups is 3. The second kappa shape index (κ2) is 11.3. The summed E-state index contributed by atoms with van der Waals surface area (Å²) in [4.78, 5) is 36.9. The fourth-order valence-corrected chi connectivity index (χ4v) is 3.29. The SMILES string of the molecule is O=C(NC(C(=O)NO)C(=O)NCC1CCC1)c1ccc(-c2ccc(OCCO)cc2)cc1. The van der Waals surface area contributed by atoms with Gasteiger partial charge < -0.3 is 20.5 Å². The van der Waals surface area contributed by atoms with Gasteiger partial charge in [-0.15, -0.1) is 0 Å². The molecule has 3 amide bonds. The van der Waals surface area contributed by atoms with E-state index in [1.807, 2.05) is 12.1 Å². The lowest BCUT2D eigenvalue weighted by Crippen LogP contribution is -2.55. The van der Waals surface area contributed by atoms with E-state index in [-0.39, 0.29) is 18.8 Å². The number of hydroxylamine groups is 1. The van der Waals surface area contributed by atoms with Gasteiger partial charge in [0, 0.05) is 12.1 Å². The fourth-order valence-electron chi connectivity index (χ4n) is 3.29. The molecule has 1 saturated carbocycles. The maximum Gasteiger partial charge on any atom is 0.275 e. The molecule has 0 aliphatic heterocycles. The van der Waals surface area contributed by atoms with Gasteiger partial charge in [-0.1, -0.05) is 30.7 Å². The summed E-state index contributed by atoms with van der Waals surface area (Å²) in [5, 5.41) is 22.8. The van der Waals surface area contributed by atoms with Gasteiger partial charge in [0.15, 0.2) is 6.04 Å². The molecule has 32 heavy (non-hydrogen) atoms. The van der Waals surface area contributed by atoms with E-state index in [1.165, 1.54) is 5.48 Å². The van der Waals surface area contributed by atoms with Crippen LogP contribution in [0.5, 0.6) is 5.75 Å². The van der Waals surface area contributed by atoms with Crippen LogP contribution >= 0.6 is 0 Å². The standard InChI is InChI=1S/C23H27N3O6/c27-12-13-32-19-10-8-17(9-11-19)16-4-6-18(7-5-16)21(28)25-20(23(30)26-31)22(29)24-14-15-2-1-3-15/h4-11,15,20,27,31H,1-3,12-14H2,(H,24,29)(H,25,28)(H,26,30). The molecular formula is C23H27N3O6. The number of amides is 3. The van der Waals surface area contributed by atoms with Gasteiger partial charge in [0.2, 0.25) is 0 Å². The highest BCUT2D eigenvalue weighted by Crippen LogP contribution is 2.25. The van der Waals surface area contributed by atoms with E-state index in [1.54, 1.807) is 36.4 Å². The van der Waals surface area contributed by atoms with Crippen LogP contribution in [-0.4, -0.2) is 53.8 Å². The zero-order chi connectivity index (χ0) is 22.9. The van der Waals surface area contributed by atoms with Crippen molar-refractivity contribution < 1.29 is 29.4 Å². The second-order valence-electron chi connectivity index (χ2n) is 7.60. The number of hydrogen-bond donors (Lipinski definition) is 5. The number of aliphatic hydroxyl groups is 1. The van der Waals surface area contributed by atoms with Crippen molar-refractivity contribution in [2.24, 2.45) is 5.92 Å².